The SMILES string of the molecule is C=CC(=O)N1CCN(c2nc(=O)n3c4c(c(-c5ccc(F)c(Cl)c5)c(C)cc24)SC[C@@H](OC)C3)CC1. The van der Waals surface area contributed by atoms with Gasteiger partial charge in [0.05, 0.1) is 23.2 Å². The number of carbonyl (C=O) groups excluding carboxylic acids is 1. The molecule has 2 aliphatic rings. The Bertz CT molecular complexity index is 1440. The third-order valence-electron chi connectivity index (χ3n) is 6.80. The lowest BCUT2D eigenvalue weighted by Gasteiger charge is -2.35. The Balaban J connectivity index is 1.71. The van der Waals surface area contributed by atoms with Crippen molar-refractivity contribution < 1.29 is 13.9 Å². The number of carbonyl (C=O) groups is 1. The van der Waals surface area contributed by atoms with E-state index in [9.17, 15) is 14.0 Å². The molecule has 7 nitrogen and oxygen atoms in total. The molecular weight excluding hydrogens is 503 g/mol. The Kier molecular flexibility index (Phi) is 6.80. The third-order valence-corrected chi connectivity index (χ3v) is 8.32. The second-order valence-electron chi connectivity index (χ2n) is 8.94. The molecule has 0 unspecified atom stereocenters. The molecule has 5 rings (SSSR count). The smallest absolute Gasteiger partial charge is 0.350 e. The zero-order valence-electron chi connectivity index (χ0n) is 20.1. The van der Waals surface area contributed by atoms with Gasteiger partial charge in [0.1, 0.15) is 11.6 Å². The van der Waals surface area contributed by atoms with E-state index < -0.39 is 5.82 Å². The summed E-state index contributed by atoms with van der Waals surface area (Å²) < 4.78 is 21.3. The van der Waals surface area contributed by atoms with Gasteiger partial charge in [0.2, 0.25) is 5.91 Å². The maximum Gasteiger partial charge on any atom is 0.350 e. The summed E-state index contributed by atoms with van der Waals surface area (Å²) in [5.74, 6) is 0.683. The lowest BCUT2D eigenvalue weighted by atomic mass is 9.97. The van der Waals surface area contributed by atoms with E-state index in [-0.39, 0.29) is 22.7 Å². The number of benzene rings is 2. The number of piperazine rings is 1. The molecule has 0 saturated carbocycles. The van der Waals surface area contributed by atoms with Crippen LogP contribution in [0, 0.1) is 12.7 Å². The molecule has 36 heavy (non-hydrogen) atoms. The first-order valence-corrected chi connectivity index (χ1v) is 13.0. The lowest BCUT2D eigenvalue weighted by molar-refractivity contribution is -0.126. The van der Waals surface area contributed by atoms with Gasteiger partial charge >= 0.3 is 5.69 Å². The summed E-state index contributed by atoms with van der Waals surface area (Å²) in [6.07, 6.45) is 1.15. The van der Waals surface area contributed by atoms with Crippen molar-refractivity contribution in [2.75, 3.05) is 43.9 Å². The number of nitrogens with zero attached hydrogens (tertiary/aromatic N) is 4. The third kappa shape index (κ3) is 4.29. The van der Waals surface area contributed by atoms with E-state index in [0.717, 1.165) is 32.5 Å². The van der Waals surface area contributed by atoms with E-state index in [0.29, 0.717) is 44.3 Å². The molecule has 1 atom stereocenters. The highest BCUT2D eigenvalue weighted by Crippen LogP contribution is 2.44. The van der Waals surface area contributed by atoms with Gasteiger partial charge in [-0.15, -0.1) is 11.8 Å². The molecule has 0 aliphatic carbocycles. The molecule has 0 N–H and O–H groups in total. The normalized spacial score (nSPS) is 17.8. The van der Waals surface area contributed by atoms with Crippen molar-refractivity contribution in [2.24, 2.45) is 0 Å². The highest BCUT2D eigenvalue weighted by atomic mass is 35.5. The number of aryl methyl sites for hydroxylation is 1. The molecule has 1 aromatic heterocycles. The van der Waals surface area contributed by atoms with Crippen LogP contribution in [-0.4, -0.2) is 65.5 Å². The number of ether oxygens (including phenoxy) is 1. The van der Waals surface area contributed by atoms with Crippen LogP contribution in [0.15, 0.2) is 46.6 Å². The van der Waals surface area contributed by atoms with Crippen LogP contribution in [0.3, 0.4) is 0 Å². The van der Waals surface area contributed by atoms with Crippen LogP contribution in [0.4, 0.5) is 10.2 Å². The van der Waals surface area contributed by atoms with Gasteiger partial charge in [-0.05, 0) is 42.3 Å². The number of rotatable bonds is 4. The number of amides is 1. The van der Waals surface area contributed by atoms with Crippen molar-refractivity contribution in [3.63, 3.8) is 0 Å². The summed E-state index contributed by atoms with van der Waals surface area (Å²) in [6.45, 7) is 8.12. The maximum absolute atomic E-state index is 14.0. The summed E-state index contributed by atoms with van der Waals surface area (Å²) in [5, 5.41) is 0.916. The fourth-order valence-electron chi connectivity index (χ4n) is 4.93. The first-order valence-electron chi connectivity index (χ1n) is 11.7. The topological polar surface area (TPSA) is 67.7 Å². The summed E-state index contributed by atoms with van der Waals surface area (Å²) in [7, 11) is 1.64. The zero-order chi connectivity index (χ0) is 25.6. The van der Waals surface area contributed by atoms with Gasteiger partial charge in [0.25, 0.3) is 0 Å². The minimum atomic E-state index is -0.478. The number of aromatic nitrogens is 2. The van der Waals surface area contributed by atoms with Crippen LogP contribution in [0.25, 0.3) is 22.0 Å². The Morgan fingerprint density at radius 2 is 2.03 bits per heavy atom. The molecule has 2 aromatic carbocycles. The Morgan fingerprint density at radius 1 is 1.28 bits per heavy atom. The Morgan fingerprint density at radius 3 is 2.69 bits per heavy atom. The average molecular weight is 529 g/mol. The quantitative estimate of drug-likeness (QED) is 0.475. The lowest BCUT2D eigenvalue weighted by Crippen LogP contribution is -2.49. The number of halogens is 2. The first kappa shape index (κ1) is 24.8. The molecule has 0 radical (unpaired) electrons. The van der Waals surface area contributed by atoms with Gasteiger partial charge in [-0.25, -0.2) is 9.18 Å². The summed E-state index contributed by atoms with van der Waals surface area (Å²) in [5.41, 5.74) is 3.11. The van der Waals surface area contributed by atoms with Gasteiger partial charge in [0, 0.05) is 54.9 Å². The van der Waals surface area contributed by atoms with Gasteiger partial charge in [-0.3, -0.25) is 9.36 Å². The second kappa shape index (κ2) is 9.88. The number of hydrogen-bond acceptors (Lipinski definition) is 6. The molecule has 0 spiro atoms. The fraction of sp³-hybridized carbons (Fsp3) is 0.346. The van der Waals surface area contributed by atoms with E-state index in [4.69, 9.17) is 16.3 Å². The van der Waals surface area contributed by atoms with Crippen molar-refractivity contribution in [3.05, 3.63) is 63.8 Å². The summed E-state index contributed by atoms with van der Waals surface area (Å²) in [4.78, 5) is 34.7. The predicted octanol–water partition coefficient (Wildman–Crippen LogP) is 4.12. The number of thioether (sulfide) groups is 1. The van der Waals surface area contributed by atoms with E-state index in [2.05, 4.69) is 16.5 Å². The molecule has 1 fully saturated rings. The number of hydrogen-bond donors (Lipinski definition) is 0. The monoisotopic (exact) mass is 528 g/mol. The molecular formula is C26H26ClFN4O3S. The molecule has 10 heteroatoms. The van der Waals surface area contributed by atoms with Crippen molar-refractivity contribution in [2.45, 2.75) is 24.5 Å². The van der Waals surface area contributed by atoms with E-state index in [1.165, 1.54) is 12.1 Å². The molecule has 1 saturated heterocycles. The fourth-order valence-corrected chi connectivity index (χ4v) is 6.48. The van der Waals surface area contributed by atoms with E-state index in [1.807, 2.05) is 13.0 Å². The predicted molar refractivity (Wildman–Crippen MR) is 142 cm³/mol. The standard InChI is InChI=1S/C26H26ClFN4O3S/c1-4-21(33)30-7-9-31(10-8-30)25-18-11-15(2)22(16-5-6-20(28)19(27)12-16)24-23(18)32(26(34)29-25)13-17(35-3)14-36-24/h4-6,11-12,17H,1,7-10,13-14H2,2-3H3/t17-/m0/s1. The zero-order valence-corrected chi connectivity index (χ0v) is 21.7. The number of methoxy groups -OCH3 is 1. The summed E-state index contributed by atoms with van der Waals surface area (Å²) in [6, 6.07) is 6.74. The minimum absolute atomic E-state index is 0.0485. The van der Waals surface area contributed by atoms with Crippen LogP contribution in [0.2, 0.25) is 5.02 Å². The maximum atomic E-state index is 14.0. The average Bonchev–Trinajstić information content (AvgIpc) is 3.08. The van der Waals surface area contributed by atoms with E-state index >= 15 is 0 Å². The molecule has 188 valence electrons. The first-order chi connectivity index (χ1) is 17.3. The van der Waals surface area contributed by atoms with Crippen molar-refractivity contribution in [3.8, 4) is 11.1 Å². The second-order valence-corrected chi connectivity index (χ2v) is 10.4. The van der Waals surface area contributed by atoms with Crippen molar-refractivity contribution >= 4 is 46.0 Å². The van der Waals surface area contributed by atoms with Gasteiger partial charge < -0.3 is 14.5 Å². The van der Waals surface area contributed by atoms with Crippen molar-refractivity contribution in [1.29, 1.82) is 0 Å². The molecule has 3 aromatic rings. The van der Waals surface area contributed by atoms with Crippen LogP contribution < -0.4 is 10.6 Å². The largest absolute Gasteiger partial charge is 0.379 e. The molecule has 0 bridgehead atoms. The van der Waals surface area contributed by atoms with Crippen LogP contribution in [0.1, 0.15) is 5.56 Å². The molecule has 1 amide bonds. The highest BCUT2D eigenvalue weighted by Gasteiger charge is 2.29. The molecule has 2 aliphatic heterocycles. The highest BCUT2D eigenvalue weighted by molar-refractivity contribution is 7.99. The van der Waals surface area contributed by atoms with Crippen molar-refractivity contribution in [1.82, 2.24) is 14.5 Å². The van der Waals surface area contributed by atoms with E-state index in [1.54, 1.807) is 40.5 Å². The van der Waals surface area contributed by atoms with Crippen LogP contribution in [-0.2, 0) is 16.1 Å². The Labute approximate surface area is 217 Å². The van der Waals surface area contributed by atoms with Crippen LogP contribution in [0.5, 0.6) is 0 Å². The molecule has 3 heterocycles. The summed E-state index contributed by atoms with van der Waals surface area (Å²) >= 11 is 7.76. The van der Waals surface area contributed by atoms with Gasteiger partial charge in [-0.1, -0.05) is 24.2 Å². The van der Waals surface area contributed by atoms with Gasteiger partial charge in [-0.2, -0.15) is 4.98 Å². The number of anilines is 1. The van der Waals surface area contributed by atoms with Gasteiger partial charge in [0.15, 0.2) is 0 Å². The Hall–Kier alpha value is -2.88. The van der Waals surface area contributed by atoms with Crippen LogP contribution >= 0.6 is 23.4 Å². The minimum Gasteiger partial charge on any atom is -0.379 e.